The highest BCUT2D eigenvalue weighted by atomic mass is 19.1. The highest BCUT2D eigenvalue weighted by Crippen LogP contribution is 2.40. The van der Waals surface area contributed by atoms with Crippen LogP contribution in [0.1, 0.15) is 56.9 Å². The van der Waals surface area contributed by atoms with E-state index in [-0.39, 0.29) is 23.9 Å². The van der Waals surface area contributed by atoms with E-state index in [9.17, 15) is 9.18 Å². The molecule has 1 aromatic rings. The molecule has 3 rings (SSSR count). The van der Waals surface area contributed by atoms with E-state index in [1.54, 1.807) is 17.0 Å². The van der Waals surface area contributed by atoms with Crippen LogP contribution in [0.4, 0.5) is 4.39 Å². The van der Waals surface area contributed by atoms with Crippen molar-refractivity contribution >= 4 is 13.0 Å². The minimum Gasteiger partial charge on any atom is -0.456 e. The Hall–Kier alpha value is -2.29. The van der Waals surface area contributed by atoms with Crippen molar-refractivity contribution in [3.8, 4) is 0 Å². The molecule has 0 aromatic carbocycles. The van der Waals surface area contributed by atoms with Gasteiger partial charge in [-0.25, -0.2) is 4.39 Å². The first-order chi connectivity index (χ1) is 13.1. The molecular weight excluding hydrogens is 366 g/mol. The van der Waals surface area contributed by atoms with Crippen LogP contribution in [0.2, 0.25) is 0 Å². The maximum atomic E-state index is 14.9. The van der Waals surface area contributed by atoms with Gasteiger partial charge >= 0.3 is 7.12 Å². The molecule has 1 aromatic heterocycles. The number of hydrogen-bond acceptors (Lipinski definition) is 5. The van der Waals surface area contributed by atoms with Crippen LogP contribution < -0.4 is 0 Å². The van der Waals surface area contributed by atoms with Gasteiger partial charge in [0.15, 0.2) is 5.76 Å². The van der Waals surface area contributed by atoms with Gasteiger partial charge < -0.3 is 18.6 Å². The monoisotopic (exact) mass is 390 g/mol. The molecule has 10 heteroatoms. The highest BCUT2D eigenvalue weighted by Gasteiger charge is 2.53. The van der Waals surface area contributed by atoms with Crippen molar-refractivity contribution in [3.63, 3.8) is 0 Å². The van der Waals surface area contributed by atoms with Gasteiger partial charge in [-0.3, -0.25) is 4.79 Å². The van der Waals surface area contributed by atoms with Crippen LogP contribution in [0.3, 0.4) is 0 Å². The predicted octanol–water partition coefficient (Wildman–Crippen LogP) is 4.18. The van der Waals surface area contributed by atoms with Crippen molar-refractivity contribution in [3.05, 3.63) is 45.4 Å². The molecule has 8 nitrogen and oxygen atoms in total. The van der Waals surface area contributed by atoms with Gasteiger partial charge in [0.05, 0.1) is 17.7 Å². The zero-order valence-electron chi connectivity index (χ0n) is 16.6. The topological polar surface area (TPSA) is 101 Å². The average Bonchev–Trinajstić information content (AvgIpc) is 3.21. The molecule has 2 saturated heterocycles. The zero-order valence-corrected chi connectivity index (χ0v) is 16.6. The van der Waals surface area contributed by atoms with Gasteiger partial charge in [0.1, 0.15) is 11.5 Å². The number of likely N-dealkylation sites (tertiary alicyclic amines) is 1. The fraction of sp³-hybridized carbons (Fsp3) is 0.611. The molecule has 0 spiro atoms. The third-order valence-electron chi connectivity index (χ3n) is 5.61. The maximum absolute atomic E-state index is 14.9. The number of nitrogens with zero attached hydrogens (tertiary/aromatic N) is 4. The minimum absolute atomic E-state index is 0.0515. The third kappa shape index (κ3) is 3.94. The molecule has 0 N–H and O–H groups in total. The second kappa shape index (κ2) is 7.62. The summed E-state index contributed by atoms with van der Waals surface area (Å²) in [4.78, 5) is 16.8. The first-order valence-corrected chi connectivity index (χ1v) is 9.26. The molecule has 28 heavy (non-hydrogen) atoms. The van der Waals surface area contributed by atoms with E-state index < -0.39 is 18.3 Å². The summed E-state index contributed by atoms with van der Waals surface area (Å²) in [6.07, 6.45) is 0.821. The number of rotatable bonds is 4. The number of hydrogen-bond donors (Lipinski definition) is 0. The molecule has 0 atom stereocenters. The Balaban J connectivity index is 1.62. The molecule has 0 saturated carbocycles. The zero-order chi connectivity index (χ0) is 20.5. The van der Waals surface area contributed by atoms with Crippen LogP contribution in [-0.4, -0.2) is 42.2 Å². The normalized spacial score (nSPS) is 20.8. The van der Waals surface area contributed by atoms with Gasteiger partial charge in [-0.15, -0.1) is 0 Å². The van der Waals surface area contributed by atoms with Crippen molar-refractivity contribution in [2.24, 2.45) is 5.11 Å². The standard InChI is InChI=1S/C18H24BFN4O4/c1-17(2)18(3,4)28-19(27-17)15(20)12-7-9-24(10-8-12)16(25)14-6-5-13(26-14)11-22-23-21/h5-6H,7-11H2,1-4H3. The lowest BCUT2D eigenvalue weighted by molar-refractivity contribution is 0.00578. The van der Waals surface area contributed by atoms with Crippen LogP contribution in [0, 0.1) is 0 Å². The molecule has 0 aliphatic carbocycles. The first kappa shape index (κ1) is 20.4. The summed E-state index contributed by atoms with van der Waals surface area (Å²) >= 11 is 0. The number of halogens is 1. The highest BCUT2D eigenvalue weighted by molar-refractivity contribution is 6.53. The lowest BCUT2D eigenvalue weighted by atomic mass is 9.82. The molecule has 3 heterocycles. The number of carbonyl (C=O) groups excluding carboxylic acids is 1. The van der Waals surface area contributed by atoms with Gasteiger partial charge in [-0.2, -0.15) is 0 Å². The lowest BCUT2D eigenvalue weighted by Gasteiger charge is -2.32. The Morgan fingerprint density at radius 3 is 2.43 bits per heavy atom. The Bertz CT molecular complexity index is 818. The first-order valence-electron chi connectivity index (χ1n) is 9.26. The van der Waals surface area contributed by atoms with Gasteiger partial charge in [0.25, 0.3) is 5.91 Å². The Morgan fingerprint density at radius 2 is 1.86 bits per heavy atom. The van der Waals surface area contributed by atoms with E-state index in [0.29, 0.717) is 37.3 Å². The predicted molar refractivity (Wildman–Crippen MR) is 101 cm³/mol. The number of furan rings is 1. The fourth-order valence-corrected chi connectivity index (χ4v) is 3.17. The molecule has 2 fully saturated rings. The van der Waals surface area contributed by atoms with Crippen molar-refractivity contribution in [2.75, 3.05) is 13.1 Å². The third-order valence-corrected chi connectivity index (χ3v) is 5.61. The van der Waals surface area contributed by atoms with Crippen molar-refractivity contribution in [1.29, 1.82) is 0 Å². The van der Waals surface area contributed by atoms with Gasteiger partial charge in [-0.05, 0) is 63.8 Å². The fourth-order valence-electron chi connectivity index (χ4n) is 3.17. The number of piperidine rings is 1. The van der Waals surface area contributed by atoms with Gasteiger partial charge in [0.2, 0.25) is 0 Å². The Morgan fingerprint density at radius 1 is 1.25 bits per heavy atom. The molecule has 1 amide bonds. The molecule has 2 aliphatic heterocycles. The Kier molecular flexibility index (Phi) is 5.56. The van der Waals surface area contributed by atoms with Crippen LogP contribution >= 0.6 is 0 Å². The van der Waals surface area contributed by atoms with Crippen molar-refractivity contribution in [1.82, 2.24) is 4.90 Å². The van der Waals surface area contributed by atoms with Crippen LogP contribution in [-0.2, 0) is 15.9 Å². The van der Waals surface area contributed by atoms with Crippen molar-refractivity contribution < 1.29 is 22.9 Å². The summed E-state index contributed by atoms with van der Waals surface area (Å²) in [5.41, 5.74) is 7.37. The largest absolute Gasteiger partial charge is 0.525 e. The van der Waals surface area contributed by atoms with Gasteiger partial charge in [0, 0.05) is 18.0 Å². The van der Waals surface area contributed by atoms with Gasteiger partial charge in [-0.1, -0.05) is 5.11 Å². The summed E-state index contributed by atoms with van der Waals surface area (Å²) in [7, 11) is -1.00. The SMILES string of the molecule is CC1(C)OB(C(F)=C2CCN(C(=O)c3ccc(CN=[N+]=[N-])o3)CC2)OC1(C)C. The van der Waals surface area contributed by atoms with E-state index in [0.717, 1.165) is 0 Å². The van der Waals surface area contributed by atoms with Crippen LogP contribution in [0.15, 0.2) is 33.0 Å². The molecular formula is C18H24BFN4O4. The molecule has 2 aliphatic rings. The summed E-state index contributed by atoms with van der Waals surface area (Å²) in [5, 5.41) is 3.41. The van der Waals surface area contributed by atoms with Crippen LogP contribution in [0.25, 0.3) is 10.4 Å². The summed E-state index contributed by atoms with van der Waals surface area (Å²) in [6.45, 7) is 8.34. The second-order valence-electron chi connectivity index (χ2n) is 7.99. The van der Waals surface area contributed by atoms with Crippen molar-refractivity contribution in [2.45, 2.75) is 58.3 Å². The average molecular weight is 390 g/mol. The minimum atomic E-state index is -1.00. The number of amides is 1. The maximum Gasteiger partial charge on any atom is 0.525 e. The van der Waals surface area contributed by atoms with E-state index in [1.807, 2.05) is 27.7 Å². The van der Waals surface area contributed by atoms with E-state index in [1.165, 1.54) is 0 Å². The smallest absolute Gasteiger partial charge is 0.456 e. The summed E-state index contributed by atoms with van der Waals surface area (Å²) in [6, 6.07) is 3.16. The molecule has 0 unspecified atom stereocenters. The number of azide groups is 1. The number of carbonyl (C=O) groups is 1. The van der Waals surface area contributed by atoms with E-state index >= 15 is 0 Å². The summed E-state index contributed by atoms with van der Waals surface area (Å²) < 4.78 is 31.9. The molecule has 0 bridgehead atoms. The van der Waals surface area contributed by atoms with E-state index in [2.05, 4.69) is 10.0 Å². The summed E-state index contributed by atoms with van der Waals surface area (Å²) in [5.74, 6) is 0.342. The molecule has 0 radical (unpaired) electrons. The Labute approximate surface area is 163 Å². The second-order valence-corrected chi connectivity index (χ2v) is 7.99. The van der Waals surface area contributed by atoms with E-state index in [4.69, 9.17) is 19.3 Å². The quantitative estimate of drug-likeness (QED) is 0.333. The lowest BCUT2D eigenvalue weighted by Crippen LogP contribution is -2.41. The molecule has 150 valence electrons. The van der Waals surface area contributed by atoms with Crippen LogP contribution in [0.5, 0.6) is 0 Å².